The van der Waals surface area contributed by atoms with Gasteiger partial charge in [-0.3, -0.25) is 0 Å². The lowest BCUT2D eigenvalue weighted by atomic mass is 9.80. The van der Waals surface area contributed by atoms with Crippen LogP contribution < -0.4 is 0 Å². The molecule has 0 bridgehead atoms. The topological polar surface area (TPSA) is 9.23 Å². The van der Waals surface area contributed by atoms with Crippen LogP contribution in [0.2, 0.25) is 0 Å². The van der Waals surface area contributed by atoms with Gasteiger partial charge in [0.05, 0.1) is 18.6 Å². The van der Waals surface area contributed by atoms with Crippen LogP contribution in [0.5, 0.6) is 0 Å². The first kappa shape index (κ1) is 11.1. The SMILES string of the molecule is Cc1ccc2cc(C3(CCl)COC3)ccc2c1. The highest BCUT2D eigenvalue weighted by atomic mass is 35.5. The van der Waals surface area contributed by atoms with E-state index in [1.807, 2.05) is 0 Å². The summed E-state index contributed by atoms with van der Waals surface area (Å²) in [5, 5.41) is 2.57. The minimum absolute atomic E-state index is 0.0423. The van der Waals surface area contributed by atoms with Gasteiger partial charge < -0.3 is 4.74 Å². The lowest BCUT2D eigenvalue weighted by Gasteiger charge is -2.40. The zero-order valence-corrected chi connectivity index (χ0v) is 10.6. The molecule has 0 unspecified atom stereocenters. The molecule has 3 rings (SSSR count). The van der Waals surface area contributed by atoms with Crippen LogP contribution in [0.4, 0.5) is 0 Å². The molecule has 0 saturated carbocycles. The predicted octanol–water partition coefficient (Wildman–Crippen LogP) is 3.66. The maximum atomic E-state index is 6.09. The molecule has 1 saturated heterocycles. The summed E-state index contributed by atoms with van der Waals surface area (Å²) in [4.78, 5) is 0. The summed E-state index contributed by atoms with van der Waals surface area (Å²) in [6.07, 6.45) is 0. The number of ether oxygens (including phenoxy) is 1. The van der Waals surface area contributed by atoms with E-state index in [-0.39, 0.29) is 5.41 Å². The molecule has 0 aliphatic carbocycles. The average molecular weight is 247 g/mol. The van der Waals surface area contributed by atoms with Gasteiger partial charge in [0, 0.05) is 5.88 Å². The maximum Gasteiger partial charge on any atom is 0.0597 e. The van der Waals surface area contributed by atoms with Crippen molar-refractivity contribution in [3.8, 4) is 0 Å². The Hall–Kier alpha value is -1.05. The van der Waals surface area contributed by atoms with Gasteiger partial charge in [0.2, 0.25) is 0 Å². The van der Waals surface area contributed by atoms with E-state index in [4.69, 9.17) is 16.3 Å². The minimum atomic E-state index is 0.0423. The van der Waals surface area contributed by atoms with Crippen molar-refractivity contribution in [2.45, 2.75) is 12.3 Å². The van der Waals surface area contributed by atoms with Crippen LogP contribution in [0.15, 0.2) is 36.4 Å². The molecule has 0 N–H and O–H groups in total. The van der Waals surface area contributed by atoms with E-state index in [0.717, 1.165) is 13.2 Å². The smallest absolute Gasteiger partial charge is 0.0597 e. The molecular formula is C15H15ClO. The van der Waals surface area contributed by atoms with Crippen LogP contribution >= 0.6 is 11.6 Å². The summed E-state index contributed by atoms with van der Waals surface area (Å²) in [7, 11) is 0. The van der Waals surface area contributed by atoms with Crippen LogP contribution in [0.1, 0.15) is 11.1 Å². The molecule has 88 valence electrons. The van der Waals surface area contributed by atoms with Gasteiger partial charge in [-0.2, -0.15) is 0 Å². The summed E-state index contributed by atoms with van der Waals surface area (Å²) in [6, 6.07) is 13.2. The number of alkyl halides is 1. The molecule has 1 fully saturated rings. The van der Waals surface area contributed by atoms with Crippen LogP contribution in [0, 0.1) is 6.92 Å². The highest BCUT2D eigenvalue weighted by Crippen LogP contribution is 2.35. The third-order valence-corrected chi connectivity index (χ3v) is 4.13. The summed E-state index contributed by atoms with van der Waals surface area (Å²) < 4.78 is 5.33. The van der Waals surface area contributed by atoms with Gasteiger partial charge >= 0.3 is 0 Å². The van der Waals surface area contributed by atoms with Crippen molar-refractivity contribution >= 4 is 22.4 Å². The van der Waals surface area contributed by atoms with Crippen molar-refractivity contribution in [1.82, 2.24) is 0 Å². The Morgan fingerprint density at radius 1 is 1.12 bits per heavy atom. The van der Waals surface area contributed by atoms with Crippen LogP contribution in [0.25, 0.3) is 10.8 Å². The normalized spacial score (nSPS) is 18.0. The minimum Gasteiger partial charge on any atom is -0.379 e. The second-order valence-electron chi connectivity index (χ2n) is 4.97. The number of benzene rings is 2. The first-order valence-electron chi connectivity index (χ1n) is 5.88. The third kappa shape index (κ3) is 1.74. The molecule has 2 heteroatoms. The monoisotopic (exact) mass is 246 g/mol. The fourth-order valence-electron chi connectivity index (χ4n) is 2.36. The number of halogens is 1. The summed E-state index contributed by atoms with van der Waals surface area (Å²) >= 11 is 6.09. The van der Waals surface area contributed by atoms with Crippen molar-refractivity contribution in [1.29, 1.82) is 0 Å². The Morgan fingerprint density at radius 3 is 2.47 bits per heavy atom. The number of hydrogen-bond donors (Lipinski definition) is 0. The number of aryl methyl sites for hydroxylation is 1. The van der Waals surface area contributed by atoms with E-state index in [0.29, 0.717) is 5.88 Å². The van der Waals surface area contributed by atoms with Crippen molar-refractivity contribution in [2.24, 2.45) is 0 Å². The molecule has 0 aromatic heterocycles. The molecule has 1 aliphatic heterocycles. The molecule has 1 nitrogen and oxygen atoms in total. The fourth-order valence-corrected chi connectivity index (χ4v) is 2.67. The van der Waals surface area contributed by atoms with E-state index in [9.17, 15) is 0 Å². The second kappa shape index (κ2) is 4.01. The highest BCUT2D eigenvalue weighted by Gasteiger charge is 2.39. The Morgan fingerprint density at radius 2 is 1.82 bits per heavy atom. The number of rotatable bonds is 2. The number of hydrogen-bond acceptors (Lipinski definition) is 1. The van der Waals surface area contributed by atoms with E-state index < -0.39 is 0 Å². The van der Waals surface area contributed by atoms with Gasteiger partial charge in [-0.25, -0.2) is 0 Å². The van der Waals surface area contributed by atoms with Gasteiger partial charge in [-0.1, -0.05) is 42.0 Å². The first-order valence-corrected chi connectivity index (χ1v) is 6.42. The van der Waals surface area contributed by atoms with E-state index in [1.165, 1.54) is 21.9 Å². The van der Waals surface area contributed by atoms with Crippen LogP contribution in [-0.2, 0) is 10.2 Å². The number of fused-ring (bicyclic) bond motifs is 1. The fraction of sp³-hybridized carbons (Fsp3) is 0.333. The average Bonchev–Trinajstić information content (AvgIpc) is 2.28. The maximum absolute atomic E-state index is 6.09. The molecule has 17 heavy (non-hydrogen) atoms. The van der Waals surface area contributed by atoms with Crippen molar-refractivity contribution in [3.05, 3.63) is 47.5 Å². The third-order valence-electron chi connectivity index (χ3n) is 3.62. The summed E-state index contributed by atoms with van der Waals surface area (Å²) in [5.74, 6) is 0.629. The Balaban J connectivity index is 2.10. The van der Waals surface area contributed by atoms with Crippen molar-refractivity contribution < 1.29 is 4.74 Å². The van der Waals surface area contributed by atoms with E-state index >= 15 is 0 Å². The Kier molecular flexibility index (Phi) is 2.61. The zero-order chi connectivity index (χ0) is 11.9. The molecule has 2 aromatic carbocycles. The molecule has 0 atom stereocenters. The van der Waals surface area contributed by atoms with Crippen LogP contribution in [-0.4, -0.2) is 19.1 Å². The standard InChI is InChI=1S/C15H15ClO/c1-11-2-3-13-7-14(5-4-12(13)6-11)15(8-16)9-17-10-15/h2-7H,8-10H2,1H3. The van der Waals surface area contributed by atoms with Gasteiger partial charge in [-0.05, 0) is 23.3 Å². The van der Waals surface area contributed by atoms with Crippen molar-refractivity contribution in [3.63, 3.8) is 0 Å². The largest absolute Gasteiger partial charge is 0.379 e. The Labute approximate surface area is 106 Å². The van der Waals surface area contributed by atoms with Gasteiger partial charge in [0.1, 0.15) is 0 Å². The predicted molar refractivity (Wildman–Crippen MR) is 71.9 cm³/mol. The molecule has 0 amide bonds. The summed E-state index contributed by atoms with van der Waals surface area (Å²) in [5.41, 5.74) is 2.64. The zero-order valence-electron chi connectivity index (χ0n) is 9.87. The van der Waals surface area contributed by atoms with Gasteiger partial charge in [0.15, 0.2) is 0 Å². The van der Waals surface area contributed by atoms with E-state index in [2.05, 4.69) is 43.3 Å². The van der Waals surface area contributed by atoms with Gasteiger partial charge in [-0.15, -0.1) is 11.6 Å². The highest BCUT2D eigenvalue weighted by molar-refractivity contribution is 6.18. The van der Waals surface area contributed by atoms with E-state index in [1.54, 1.807) is 0 Å². The molecule has 2 aromatic rings. The molecule has 0 radical (unpaired) electrons. The molecule has 1 aliphatic rings. The molecule has 0 spiro atoms. The summed E-state index contributed by atoms with van der Waals surface area (Å²) in [6.45, 7) is 3.61. The van der Waals surface area contributed by atoms with Crippen molar-refractivity contribution in [2.75, 3.05) is 19.1 Å². The molecule has 1 heterocycles. The van der Waals surface area contributed by atoms with Gasteiger partial charge in [0.25, 0.3) is 0 Å². The molecular weight excluding hydrogens is 232 g/mol. The second-order valence-corrected chi connectivity index (χ2v) is 5.24. The van der Waals surface area contributed by atoms with Crippen LogP contribution in [0.3, 0.4) is 0 Å². The quantitative estimate of drug-likeness (QED) is 0.735. The lowest BCUT2D eigenvalue weighted by Crippen LogP contribution is -2.48. The first-order chi connectivity index (χ1) is 8.23. The lowest BCUT2D eigenvalue weighted by molar-refractivity contribution is -0.0479. The Bertz CT molecular complexity index is 552.